The van der Waals surface area contributed by atoms with Crippen molar-refractivity contribution in [1.29, 1.82) is 0 Å². The lowest BCUT2D eigenvalue weighted by atomic mass is 9.99. The van der Waals surface area contributed by atoms with Crippen molar-refractivity contribution in [2.24, 2.45) is 0 Å². The Hall–Kier alpha value is -1.03. The summed E-state index contributed by atoms with van der Waals surface area (Å²) >= 11 is 9.44. The van der Waals surface area contributed by atoms with Crippen LogP contribution in [0.3, 0.4) is 0 Å². The summed E-state index contributed by atoms with van der Waals surface area (Å²) in [5.74, 6) is 0.776. The van der Waals surface area contributed by atoms with Gasteiger partial charge in [-0.2, -0.15) is 0 Å². The highest BCUT2D eigenvalue weighted by Gasteiger charge is 2.13. The second-order valence-electron chi connectivity index (χ2n) is 4.68. The number of hydrogen-bond donors (Lipinski definition) is 1. The number of halogens is 2. The van der Waals surface area contributed by atoms with Crippen molar-refractivity contribution < 1.29 is 9.84 Å². The molecular weight excluding hydrogens is 340 g/mol. The average molecular weight is 356 g/mol. The highest BCUT2D eigenvalue weighted by Crippen LogP contribution is 2.29. The van der Waals surface area contributed by atoms with Crippen LogP contribution in [-0.4, -0.2) is 12.2 Å². The molecule has 0 bridgehead atoms. The van der Waals surface area contributed by atoms with Gasteiger partial charge in [-0.15, -0.1) is 0 Å². The minimum atomic E-state index is -0.589. The van der Waals surface area contributed by atoms with Crippen molar-refractivity contribution in [1.82, 2.24) is 0 Å². The van der Waals surface area contributed by atoms with Crippen molar-refractivity contribution in [3.8, 4) is 5.75 Å². The summed E-state index contributed by atoms with van der Waals surface area (Å²) in [5.41, 5.74) is 2.78. The van der Waals surface area contributed by atoms with Gasteiger partial charge < -0.3 is 9.84 Å². The Bertz CT molecular complexity index is 613. The molecule has 0 fully saturated rings. The van der Waals surface area contributed by atoms with E-state index in [0.717, 1.165) is 26.9 Å². The van der Waals surface area contributed by atoms with Gasteiger partial charge in [0, 0.05) is 15.9 Å². The number of rotatable bonds is 4. The molecule has 2 nitrogen and oxygen atoms in total. The first kappa shape index (κ1) is 15.4. The van der Waals surface area contributed by atoms with Crippen molar-refractivity contribution in [2.45, 2.75) is 19.4 Å². The summed E-state index contributed by atoms with van der Waals surface area (Å²) in [7, 11) is 1.63. The van der Waals surface area contributed by atoms with Gasteiger partial charge in [0.25, 0.3) is 0 Å². The predicted octanol–water partition coefficient (Wildman–Crippen LogP) is 4.70. The maximum atomic E-state index is 10.4. The van der Waals surface area contributed by atoms with Crippen LogP contribution in [0.15, 0.2) is 40.9 Å². The standard InChI is InChI=1S/C16H16BrClO2/c1-10-7-11(3-5-14(10)18)15(19)9-12-8-13(17)4-6-16(12)20-2/h3-8,15,19H,9H2,1-2H3. The van der Waals surface area contributed by atoms with Crippen LogP contribution in [0, 0.1) is 6.92 Å². The van der Waals surface area contributed by atoms with E-state index in [9.17, 15) is 5.11 Å². The second-order valence-corrected chi connectivity index (χ2v) is 6.01. The molecular formula is C16H16BrClO2. The predicted molar refractivity (Wildman–Crippen MR) is 85.5 cm³/mol. The summed E-state index contributed by atoms with van der Waals surface area (Å²) in [6.45, 7) is 1.93. The van der Waals surface area contributed by atoms with E-state index in [1.54, 1.807) is 7.11 Å². The van der Waals surface area contributed by atoms with Crippen LogP contribution in [0.4, 0.5) is 0 Å². The second kappa shape index (κ2) is 6.61. The quantitative estimate of drug-likeness (QED) is 0.861. The largest absolute Gasteiger partial charge is 0.496 e. The van der Waals surface area contributed by atoms with Crippen molar-refractivity contribution >= 4 is 27.5 Å². The topological polar surface area (TPSA) is 29.5 Å². The fourth-order valence-electron chi connectivity index (χ4n) is 2.11. The molecule has 0 amide bonds. The van der Waals surface area contributed by atoms with Crippen LogP contribution >= 0.6 is 27.5 Å². The van der Waals surface area contributed by atoms with Crippen LogP contribution in [-0.2, 0) is 6.42 Å². The SMILES string of the molecule is COc1ccc(Br)cc1CC(O)c1ccc(Cl)c(C)c1. The minimum absolute atomic E-state index is 0.490. The van der Waals surface area contributed by atoms with Crippen molar-refractivity contribution in [2.75, 3.05) is 7.11 Å². The van der Waals surface area contributed by atoms with Gasteiger partial charge in [0.2, 0.25) is 0 Å². The van der Waals surface area contributed by atoms with Gasteiger partial charge in [-0.05, 0) is 47.9 Å². The number of methoxy groups -OCH3 is 1. The first-order chi connectivity index (χ1) is 9.51. The molecule has 20 heavy (non-hydrogen) atoms. The number of aryl methyl sites for hydroxylation is 1. The zero-order valence-corrected chi connectivity index (χ0v) is 13.7. The van der Waals surface area contributed by atoms with E-state index < -0.39 is 6.10 Å². The number of aliphatic hydroxyl groups is 1. The third-order valence-corrected chi connectivity index (χ3v) is 4.14. The zero-order chi connectivity index (χ0) is 14.7. The molecule has 1 atom stereocenters. The molecule has 0 aliphatic heterocycles. The molecule has 2 rings (SSSR count). The van der Waals surface area contributed by atoms with E-state index in [-0.39, 0.29) is 0 Å². The van der Waals surface area contributed by atoms with Crippen molar-refractivity contribution in [3.05, 3.63) is 62.6 Å². The smallest absolute Gasteiger partial charge is 0.122 e. The Morgan fingerprint density at radius 2 is 2.00 bits per heavy atom. The molecule has 2 aromatic carbocycles. The van der Waals surface area contributed by atoms with E-state index in [1.165, 1.54) is 0 Å². The van der Waals surface area contributed by atoms with Gasteiger partial charge in [-0.25, -0.2) is 0 Å². The number of aliphatic hydroxyl groups excluding tert-OH is 1. The maximum absolute atomic E-state index is 10.4. The minimum Gasteiger partial charge on any atom is -0.496 e. The normalized spacial score (nSPS) is 12.2. The lowest BCUT2D eigenvalue weighted by Crippen LogP contribution is -2.04. The first-order valence-electron chi connectivity index (χ1n) is 6.28. The number of hydrogen-bond acceptors (Lipinski definition) is 2. The van der Waals surface area contributed by atoms with E-state index in [1.807, 2.05) is 43.3 Å². The zero-order valence-electron chi connectivity index (χ0n) is 11.4. The Morgan fingerprint density at radius 3 is 2.65 bits per heavy atom. The van der Waals surface area contributed by atoms with Crippen LogP contribution < -0.4 is 4.74 Å². The molecule has 0 aliphatic rings. The number of benzene rings is 2. The number of ether oxygens (including phenoxy) is 1. The lowest BCUT2D eigenvalue weighted by molar-refractivity contribution is 0.177. The molecule has 1 N–H and O–H groups in total. The molecule has 0 heterocycles. The molecule has 0 radical (unpaired) electrons. The molecule has 2 aromatic rings. The molecule has 0 aromatic heterocycles. The summed E-state index contributed by atoms with van der Waals surface area (Å²) in [6, 6.07) is 11.3. The summed E-state index contributed by atoms with van der Waals surface area (Å²) < 4.78 is 6.29. The molecule has 106 valence electrons. The van der Waals surface area contributed by atoms with Gasteiger partial charge in [-0.1, -0.05) is 39.7 Å². The van der Waals surface area contributed by atoms with Gasteiger partial charge >= 0.3 is 0 Å². The Morgan fingerprint density at radius 1 is 1.25 bits per heavy atom. The van der Waals surface area contributed by atoms with E-state index in [4.69, 9.17) is 16.3 Å². The van der Waals surface area contributed by atoms with Crippen LogP contribution in [0.25, 0.3) is 0 Å². The van der Waals surface area contributed by atoms with E-state index >= 15 is 0 Å². The van der Waals surface area contributed by atoms with E-state index in [0.29, 0.717) is 11.4 Å². The van der Waals surface area contributed by atoms with Gasteiger partial charge in [0.05, 0.1) is 13.2 Å². The van der Waals surface area contributed by atoms with Crippen LogP contribution in [0.1, 0.15) is 22.8 Å². The highest BCUT2D eigenvalue weighted by atomic mass is 79.9. The fraction of sp³-hybridized carbons (Fsp3) is 0.250. The Kier molecular flexibility index (Phi) is 5.08. The lowest BCUT2D eigenvalue weighted by Gasteiger charge is -2.15. The van der Waals surface area contributed by atoms with Crippen LogP contribution in [0.2, 0.25) is 5.02 Å². The molecule has 0 saturated carbocycles. The fourth-order valence-corrected chi connectivity index (χ4v) is 2.63. The monoisotopic (exact) mass is 354 g/mol. The molecule has 0 spiro atoms. The van der Waals surface area contributed by atoms with Gasteiger partial charge in [-0.3, -0.25) is 0 Å². The molecule has 0 saturated heterocycles. The van der Waals surface area contributed by atoms with Crippen molar-refractivity contribution in [3.63, 3.8) is 0 Å². The Labute approximate surface area is 132 Å². The molecule has 1 unspecified atom stereocenters. The maximum Gasteiger partial charge on any atom is 0.122 e. The molecule has 0 aliphatic carbocycles. The average Bonchev–Trinajstić information content (AvgIpc) is 2.42. The molecule has 4 heteroatoms. The summed E-state index contributed by atoms with van der Waals surface area (Å²) in [6.07, 6.45) is -0.0990. The Balaban J connectivity index is 2.24. The van der Waals surface area contributed by atoms with E-state index in [2.05, 4.69) is 15.9 Å². The van der Waals surface area contributed by atoms with Gasteiger partial charge in [0.1, 0.15) is 5.75 Å². The highest BCUT2D eigenvalue weighted by molar-refractivity contribution is 9.10. The van der Waals surface area contributed by atoms with Crippen LogP contribution in [0.5, 0.6) is 5.75 Å². The summed E-state index contributed by atoms with van der Waals surface area (Å²) in [4.78, 5) is 0. The summed E-state index contributed by atoms with van der Waals surface area (Å²) in [5, 5.41) is 11.1. The third kappa shape index (κ3) is 3.54. The third-order valence-electron chi connectivity index (χ3n) is 3.22. The van der Waals surface area contributed by atoms with Gasteiger partial charge in [0.15, 0.2) is 0 Å². The first-order valence-corrected chi connectivity index (χ1v) is 7.45.